The molecule has 0 heterocycles. The highest BCUT2D eigenvalue weighted by Gasteiger charge is 1.95. The van der Waals surface area contributed by atoms with Crippen LogP contribution in [0.25, 0.3) is 0 Å². The minimum atomic E-state index is 0.899. The maximum atomic E-state index is 5.57. The molecule has 0 aromatic heterocycles. The molecule has 0 aliphatic rings. The lowest BCUT2D eigenvalue weighted by Gasteiger charge is -2.01. The van der Waals surface area contributed by atoms with Crippen molar-refractivity contribution >= 4 is 22.6 Å². The molecule has 2 nitrogen and oxygen atoms in total. The van der Waals surface area contributed by atoms with Crippen molar-refractivity contribution < 1.29 is 0 Å². The summed E-state index contributed by atoms with van der Waals surface area (Å²) in [7, 11) is 0. The van der Waals surface area contributed by atoms with Gasteiger partial charge in [-0.1, -0.05) is 37.0 Å². The minimum absolute atomic E-state index is 0.899. The fraction of sp³-hybridized carbons (Fsp3) is 0.0769. The molecule has 0 saturated carbocycles. The second kappa shape index (κ2) is 9.03. The van der Waals surface area contributed by atoms with E-state index in [1.807, 2.05) is 37.3 Å². The lowest BCUT2D eigenvalue weighted by molar-refractivity contribution is 1.44. The van der Waals surface area contributed by atoms with Crippen molar-refractivity contribution in [2.75, 3.05) is 0 Å². The molecule has 0 unspecified atom stereocenters. The topological polar surface area (TPSA) is 52.0 Å². The number of hydrogen-bond acceptors (Lipinski definition) is 2. The third-order valence-electron chi connectivity index (χ3n) is 1.69. The van der Waals surface area contributed by atoms with Crippen LogP contribution in [0.4, 0.5) is 0 Å². The van der Waals surface area contributed by atoms with Crippen molar-refractivity contribution in [3.63, 3.8) is 0 Å². The normalized spacial score (nSPS) is 15.0. The van der Waals surface area contributed by atoms with Crippen molar-refractivity contribution in [3.05, 3.63) is 70.2 Å². The first-order valence-corrected chi connectivity index (χ1v) is 5.87. The van der Waals surface area contributed by atoms with Crippen LogP contribution in [0.3, 0.4) is 0 Å². The summed E-state index contributed by atoms with van der Waals surface area (Å²) in [5.74, 6) is 0. The molecule has 0 aromatic carbocycles. The van der Waals surface area contributed by atoms with Gasteiger partial charge < -0.3 is 11.5 Å². The molecule has 0 aliphatic carbocycles. The molecule has 0 bridgehead atoms. The van der Waals surface area contributed by atoms with Gasteiger partial charge in [0.15, 0.2) is 0 Å². The average molecular weight is 328 g/mol. The standard InChI is InChI=1S/C13H17IN2/c1-3-4-5-13(10-16)12(8-9-15)7-6-11(2)14/h3-10H,1,15-16H2,2H3/b5-4-,9-8-,11-6+,12-7-,13-10+. The van der Waals surface area contributed by atoms with Crippen LogP contribution in [-0.4, -0.2) is 0 Å². The molecule has 0 radical (unpaired) electrons. The molecule has 0 atom stereocenters. The Balaban J connectivity index is 5.18. The first-order chi connectivity index (χ1) is 7.65. The van der Waals surface area contributed by atoms with Gasteiger partial charge in [0, 0.05) is 6.20 Å². The highest BCUT2D eigenvalue weighted by atomic mass is 127. The van der Waals surface area contributed by atoms with E-state index in [2.05, 4.69) is 29.2 Å². The summed E-state index contributed by atoms with van der Waals surface area (Å²) >= 11 is 2.24. The van der Waals surface area contributed by atoms with E-state index in [0.29, 0.717) is 0 Å². The highest BCUT2D eigenvalue weighted by molar-refractivity contribution is 14.1. The second-order valence-electron chi connectivity index (χ2n) is 2.95. The quantitative estimate of drug-likeness (QED) is 0.601. The smallest absolute Gasteiger partial charge is 0.00176 e. The van der Waals surface area contributed by atoms with E-state index in [4.69, 9.17) is 11.5 Å². The Kier molecular flexibility index (Phi) is 8.34. The van der Waals surface area contributed by atoms with E-state index < -0.39 is 0 Å². The average Bonchev–Trinajstić information content (AvgIpc) is 2.26. The molecule has 0 aromatic rings. The lowest BCUT2D eigenvalue weighted by atomic mass is 10.1. The van der Waals surface area contributed by atoms with E-state index in [1.165, 1.54) is 9.78 Å². The summed E-state index contributed by atoms with van der Waals surface area (Å²) in [5.41, 5.74) is 12.8. The zero-order valence-corrected chi connectivity index (χ0v) is 11.5. The van der Waals surface area contributed by atoms with Gasteiger partial charge in [-0.2, -0.15) is 0 Å². The van der Waals surface area contributed by atoms with Gasteiger partial charge in [-0.05, 0) is 56.5 Å². The number of hydrogen-bond donors (Lipinski definition) is 2. The molecule has 0 saturated heterocycles. The first-order valence-electron chi connectivity index (χ1n) is 4.79. The number of rotatable bonds is 5. The molecule has 3 heteroatoms. The fourth-order valence-electron chi connectivity index (χ4n) is 0.976. The van der Waals surface area contributed by atoms with Gasteiger partial charge in [-0.15, -0.1) is 0 Å². The summed E-state index contributed by atoms with van der Waals surface area (Å²) < 4.78 is 1.18. The van der Waals surface area contributed by atoms with E-state index in [-0.39, 0.29) is 0 Å². The van der Waals surface area contributed by atoms with Gasteiger partial charge in [-0.3, -0.25) is 0 Å². The van der Waals surface area contributed by atoms with Gasteiger partial charge >= 0.3 is 0 Å². The monoisotopic (exact) mass is 328 g/mol. The summed E-state index contributed by atoms with van der Waals surface area (Å²) in [6, 6.07) is 0. The van der Waals surface area contributed by atoms with Crippen molar-refractivity contribution in [1.82, 2.24) is 0 Å². The number of allylic oxidation sites excluding steroid dienone is 9. The van der Waals surface area contributed by atoms with Crippen LogP contribution >= 0.6 is 22.6 Å². The predicted octanol–water partition coefficient (Wildman–Crippen LogP) is 3.31. The van der Waals surface area contributed by atoms with Gasteiger partial charge in [0.25, 0.3) is 0 Å². The molecule has 16 heavy (non-hydrogen) atoms. The Hall–Kier alpha value is -1.23. The Labute approximate surface area is 111 Å². The second-order valence-corrected chi connectivity index (χ2v) is 4.65. The summed E-state index contributed by atoms with van der Waals surface area (Å²) in [5, 5.41) is 0. The Bertz CT molecular complexity index is 367. The third-order valence-corrected chi connectivity index (χ3v) is 2.05. The summed E-state index contributed by atoms with van der Waals surface area (Å²) in [6.07, 6.45) is 14.2. The maximum absolute atomic E-state index is 5.57. The molecular weight excluding hydrogens is 311 g/mol. The molecule has 0 spiro atoms. The fourth-order valence-corrected chi connectivity index (χ4v) is 1.16. The van der Waals surface area contributed by atoms with Gasteiger partial charge in [0.05, 0.1) is 0 Å². The molecule has 0 rings (SSSR count). The molecule has 0 fully saturated rings. The summed E-state index contributed by atoms with van der Waals surface area (Å²) in [6.45, 7) is 5.64. The predicted molar refractivity (Wildman–Crippen MR) is 80.8 cm³/mol. The third kappa shape index (κ3) is 6.29. The van der Waals surface area contributed by atoms with Crippen molar-refractivity contribution in [2.24, 2.45) is 11.5 Å². The number of halogens is 1. The first kappa shape index (κ1) is 14.8. The lowest BCUT2D eigenvalue weighted by Crippen LogP contribution is -1.90. The van der Waals surface area contributed by atoms with E-state index >= 15 is 0 Å². The van der Waals surface area contributed by atoms with Crippen LogP contribution in [-0.2, 0) is 0 Å². The Morgan fingerprint density at radius 3 is 2.25 bits per heavy atom. The van der Waals surface area contributed by atoms with E-state index in [0.717, 1.165) is 11.1 Å². The Morgan fingerprint density at radius 2 is 1.81 bits per heavy atom. The van der Waals surface area contributed by atoms with Gasteiger partial charge in [0.2, 0.25) is 0 Å². The van der Waals surface area contributed by atoms with E-state index in [9.17, 15) is 0 Å². The largest absolute Gasteiger partial charge is 0.405 e. The SMILES string of the molecule is C=C\C=C/C(=C\N)C(/C=C\N)=C\C=C(/C)I. The number of nitrogens with two attached hydrogens (primary N) is 2. The maximum Gasteiger partial charge on any atom is 0.00176 e. The van der Waals surface area contributed by atoms with Crippen molar-refractivity contribution in [3.8, 4) is 0 Å². The van der Waals surface area contributed by atoms with Crippen LogP contribution in [0, 0.1) is 0 Å². The van der Waals surface area contributed by atoms with Gasteiger partial charge in [-0.25, -0.2) is 0 Å². The molecule has 86 valence electrons. The zero-order valence-electron chi connectivity index (χ0n) is 9.36. The van der Waals surface area contributed by atoms with Crippen LogP contribution < -0.4 is 11.5 Å². The van der Waals surface area contributed by atoms with E-state index in [1.54, 1.807) is 12.3 Å². The van der Waals surface area contributed by atoms with Gasteiger partial charge in [0.1, 0.15) is 0 Å². The summed E-state index contributed by atoms with van der Waals surface area (Å²) in [4.78, 5) is 0. The van der Waals surface area contributed by atoms with Crippen LogP contribution in [0.2, 0.25) is 0 Å². The van der Waals surface area contributed by atoms with Crippen LogP contribution in [0.15, 0.2) is 70.2 Å². The zero-order chi connectivity index (χ0) is 12.4. The molecule has 0 aliphatic heterocycles. The van der Waals surface area contributed by atoms with Crippen LogP contribution in [0.1, 0.15) is 6.92 Å². The molecule has 0 amide bonds. The van der Waals surface area contributed by atoms with Crippen molar-refractivity contribution in [1.29, 1.82) is 0 Å². The molecular formula is C13H17IN2. The molecule has 4 N–H and O–H groups in total. The van der Waals surface area contributed by atoms with Crippen molar-refractivity contribution in [2.45, 2.75) is 6.92 Å². The minimum Gasteiger partial charge on any atom is -0.405 e. The van der Waals surface area contributed by atoms with Crippen LogP contribution in [0.5, 0.6) is 0 Å². The highest BCUT2D eigenvalue weighted by Crippen LogP contribution is 2.14. The Morgan fingerprint density at radius 1 is 1.12 bits per heavy atom.